The van der Waals surface area contributed by atoms with Gasteiger partial charge in [0.05, 0.1) is 4.92 Å². The largest absolute Gasteiger partial charge is 0.305 e. The van der Waals surface area contributed by atoms with Gasteiger partial charge in [0.15, 0.2) is 0 Å². The van der Waals surface area contributed by atoms with Gasteiger partial charge in [-0.15, -0.1) is 12.3 Å². The molecule has 1 saturated heterocycles. The van der Waals surface area contributed by atoms with Crippen LogP contribution in [0, 0.1) is 35.3 Å². The molecular formula is C13H12N2O3. The average molecular weight is 244 g/mol. The molecule has 0 aromatic heterocycles. The third kappa shape index (κ3) is 2.05. The first-order valence-corrected chi connectivity index (χ1v) is 5.54. The van der Waals surface area contributed by atoms with E-state index in [1.54, 1.807) is 12.1 Å². The highest BCUT2D eigenvalue weighted by Crippen LogP contribution is 2.33. The summed E-state index contributed by atoms with van der Waals surface area (Å²) in [6.45, 7) is 2.17. The van der Waals surface area contributed by atoms with Gasteiger partial charge >= 0.3 is 0 Å². The van der Waals surface area contributed by atoms with Crippen LogP contribution in [0.3, 0.4) is 0 Å². The van der Waals surface area contributed by atoms with Crippen LogP contribution < -0.4 is 4.90 Å². The fourth-order valence-electron chi connectivity index (χ4n) is 2.06. The lowest BCUT2D eigenvalue weighted by Gasteiger charge is -2.16. The molecule has 1 aromatic carbocycles. The topological polar surface area (TPSA) is 63.5 Å². The maximum Gasteiger partial charge on any atom is 0.292 e. The normalized spacial score (nSPS) is 18.8. The van der Waals surface area contributed by atoms with Gasteiger partial charge in [-0.2, -0.15) is 0 Å². The maximum atomic E-state index is 11.8. The van der Waals surface area contributed by atoms with Crippen molar-refractivity contribution < 1.29 is 9.72 Å². The van der Waals surface area contributed by atoms with Gasteiger partial charge in [-0.1, -0.05) is 6.07 Å². The molecule has 1 atom stereocenters. The number of carbonyl (C=O) groups is 1. The Bertz CT molecular complexity index is 560. The SMILES string of the molecule is C#CC1CC(=O)N(c2cc(C)ccc2[N+](=O)[O-])C1. The number of anilines is 1. The van der Waals surface area contributed by atoms with Crippen molar-refractivity contribution in [1.82, 2.24) is 0 Å². The Hall–Kier alpha value is -2.35. The molecule has 1 amide bonds. The summed E-state index contributed by atoms with van der Waals surface area (Å²) in [6, 6.07) is 4.72. The molecular weight excluding hydrogens is 232 g/mol. The Labute approximate surface area is 105 Å². The molecule has 1 unspecified atom stereocenters. The smallest absolute Gasteiger partial charge is 0.292 e. The van der Waals surface area contributed by atoms with Crippen molar-refractivity contribution in [2.45, 2.75) is 13.3 Å². The molecule has 18 heavy (non-hydrogen) atoms. The number of hydrogen-bond acceptors (Lipinski definition) is 3. The number of nitro benzene ring substituents is 1. The van der Waals surface area contributed by atoms with Gasteiger partial charge < -0.3 is 4.90 Å². The molecule has 0 N–H and O–H groups in total. The summed E-state index contributed by atoms with van der Waals surface area (Å²) >= 11 is 0. The van der Waals surface area contributed by atoms with E-state index in [1.165, 1.54) is 11.0 Å². The third-order valence-electron chi connectivity index (χ3n) is 2.98. The van der Waals surface area contributed by atoms with E-state index in [-0.39, 0.29) is 23.9 Å². The lowest BCUT2D eigenvalue weighted by atomic mass is 10.1. The van der Waals surface area contributed by atoms with Gasteiger partial charge in [0.25, 0.3) is 5.69 Å². The van der Waals surface area contributed by atoms with E-state index in [2.05, 4.69) is 5.92 Å². The van der Waals surface area contributed by atoms with E-state index in [0.717, 1.165) is 5.56 Å². The van der Waals surface area contributed by atoms with Gasteiger partial charge in [0, 0.05) is 24.9 Å². The van der Waals surface area contributed by atoms with Gasteiger partial charge in [-0.3, -0.25) is 14.9 Å². The summed E-state index contributed by atoms with van der Waals surface area (Å²) in [5, 5.41) is 11.0. The van der Waals surface area contributed by atoms with Crippen molar-refractivity contribution >= 4 is 17.3 Å². The molecule has 2 rings (SSSR count). The van der Waals surface area contributed by atoms with Crippen LogP contribution in [0.25, 0.3) is 0 Å². The zero-order chi connectivity index (χ0) is 13.3. The van der Waals surface area contributed by atoms with E-state index >= 15 is 0 Å². The third-order valence-corrected chi connectivity index (χ3v) is 2.98. The second-order valence-corrected chi connectivity index (χ2v) is 4.32. The summed E-state index contributed by atoms with van der Waals surface area (Å²) in [5.41, 5.74) is 1.14. The summed E-state index contributed by atoms with van der Waals surface area (Å²) in [7, 11) is 0. The summed E-state index contributed by atoms with van der Waals surface area (Å²) in [5.74, 6) is 2.20. The lowest BCUT2D eigenvalue weighted by Crippen LogP contribution is -2.25. The van der Waals surface area contributed by atoms with Crippen LogP contribution in [-0.2, 0) is 4.79 Å². The van der Waals surface area contributed by atoms with E-state index in [1.807, 2.05) is 6.92 Å². The van der Waals surface area contributed by atoms with Crippen LogP contribution in [0.4, 0.5) is 11.4 Å². The van der Waals surface area contributed by atoms with E-state index in [0.29, 0.717) is 12.2 Å². The van der Waals surface area contributed by atoms with Crippen LogP contribution in [-0.4, -0.2) is 17.4 Å². The Kier molecular flexibility index (Phi) is 3.02. The van der Waals surface area contributed by atoms with Crippen molar-refractivity contribution in [1.29, 1.82) is 0 Å². The minimum Gasteiger partial charge on any atom is -0.305 e. The zero-order valence-electron chi connectivity index (χ0n) is 9.92. The molecule has 1 aromatic rings. The Morgan fingerprint density at radius 1 is 1.56 bits per heavy atom. The predicted octanol–water partition coefficient (Wildman–Crippen LogP) is 1.89. The minimum absolute atomic E-state index is 0.0633. The molecule has 1 aliphatic rings. The van der Waals surface area contributed by atoms with E-state index in [9.17, 15) is 14.9 Å². The van der Waals surface area contributed by atoms with Gasteiger partial charge in [0.2, 0.25) is 5.91 Å². The van der Waals surface area contributed by atoms with Crippen LogP contribution in [0.5, 0.6) is 0 Å². The van der Waals surface area contributed by atoms with Crippen molar-refractivity contribution in [2.24, 2.45) is 5.92 Å². The number of amides is 1. The fraction of sp³-hybridized carbons (Fsp3) is 0.308. The summed E-state index contributed by atoms with van der Waals surface area (Å²) in [6.07, 6.45) is 5.55. The highest BCUT2D eigenvalue weighted by molar-refractivity contribution is 5.98. The number of rotatable bonds is 2. The number of aryl methyl sites for hydroxylation is 1. The zero-order valence-corrected chi connectivity index (χ0v) is 9.92. The quantitative estimate of drug-likeness (QED) is 0.453. The van der Waals surface area contributed by atoms with Crippen molar-refractivity contribution in [3.05, 3.63) is 33.9 Å². The van der Waals surface area contributed by atoms with Crippen molar-refractivity contribution in [2.75, 3.05) is 11.4 Å². The van der Waals surface area contributed by atoms with Crippen molar-refractivity contribution in [3.8, 4) is 12.3 Å². The molecule has 92 valence electrons. The first-order chi connectivity index (χ1) is 8.52. The average Bonchev–Trinajstić information content (AvgIpc) is 2.70. The summed E-state index contributed by atoms with van der Waals surface area (Å²) in [4.78, 5) is 23.7. The molecule has 0 radical (unpaired) electrons. The molecule has 5 nitrogen and oxygen atoms in total. The van der Waals surface area contributed by atoms with Gasteiger partial charge in [-0.05, 0) is 18.6 Å². The molecule has 0 bridgehead atoms. The Morgan fingerprint density at radius 3 is 2.83 bits per heavy atom. The molecule has 5 heteroatoms. The molecule has 1 aliphatic heterocycles. The maximum absolute atomic E-state index is 11.8. The van der Waals surface area contributed by atoms with E-state index < -0.39 is 4.92 Å². The van der Waals surface area contributed by atoms with Crippen LogP contribution in [0.2, 0.25) is 0 Å². The molecule has 0 aliphatic carbocycles. The molecule has 1 fully saturated rings. The first kappa shape index (κ1) is 12.1. The second-order valence-electron chi connectivity index (χ2n) is 4.32. The number of nitro groups is 1. The highest BCUT2D eigenvalue weighted by atomic mass is 16.6. The lowest BCUT2D eigenvalue weighted by molar-refractivity contribution is -0.384. The standard InChI is InChI=1S/C13H12N2O3/c1-3-10-7-13(16)14(8-10)12-6-9(2)4-5-11(12)15(17)18/h1,4-6,10H,7-8H2,2H3. The highest BCUT2D eigenvalue weighted by Gasteiger charge is 2.33. The number of benzene rings is 1. The molecule has 1 heterocycles. The Balaban J connectivity index is 2.45. The minimum atomic E-state index is -0.481. The fourth-order valence-corrected chi connectivity index (χ4v) is 2.06. The first-order valence-electron chi connectivity index (χ1n) is 5.54. The second kappa shape index (κ2) is 4.49. The van der Waals surface area contributed by atoms with Crippen LogP contribution in [0.15, 0.2) is 18.2 Å². The Morgan fingerprint density at radius 2 is 2.28 bits per heavy atom. The molecule has 0 spiro atoms. The number of terminal acetylenes is 1. The molecule has 0 saturated carbocycles. The monoisotopic (exact) mass is 244 g/mol. The van der Waals surface area contributed by atoms with Crippen LogP contribution >= 0.6 is 0 Å². The number of carbonyl (C=O) groups excluding carboxylic acids is 1. The number of hydrogen-bond donors (Lipinski definition) is 0. The van der Waals surface area contributed by atoms with Crippen molar-refractivity contribution in [3.63, 3.8) is 0 Å². The van der Waals surface area contributed by atoms with Crippen LogP contribution in [0.1, 0.15) is 12.0 Å². The van der Waals surface area contributed by atoms with E-state index in [4.69, 9.17) is 6.42 Å². The van der Waals surface area contributed by atoms with Gasteiger partial charge in [0.1, 0.15) is 5.69 Å². The number of nitrogens with zero attached hydrogens (tertiary/aromatic N) is 2. The summed E-state index contributed by atoms with van der Waals surface area (Å²) < 4.78 is 0. The predicted molar refractivity (Wildman–Crippen MR) is 67.1 cm³/mol. The van der Waals surface area contributed by atoms with Gasteiger partial charge in [-0.25, -0.2) is 0 Å².